The predicted octanol–water partition coefficient (Wildman–Crippen LogP) is 1.60. The molecule has 0 bridgehead atoms. The van der Waals surface area contributed by atoms with E-state index in [0.29, 0.717) is 5.56 Å². The van der Waals surface area contributed by atoms with Gasteiger partial charge in [-0.05, 0) is 36.1 Å². The molecule has 63 valence electrons. The van der Waals surface area contributed by atoms with Gasteiger partial charge in [0, 0.05) is 5.92 Å². The SMILES string of the molecule is N#Cc1ccc2c(c1)C[CH][C@@H]2C=O. The number of hydrogen-bond donors (Lipinski definition) is 0. The summed E-state index contributed by atoms with van der Waals surface area (Å²) in [5, 5.41) is 8.66. The highest BCUT2D eigenvalue weighted by Crippen LogP contribution is 2.30. The number of fused-ring (bicyclic) bond motifs is 1. The van der Waals surface area contributed by atoms with Crippen molar-refractivity contribution in [1.29, 1.82) is 5.26 Å². The van der Waals surface area contributed by atoms with Crippen LogP contribution in [0.15, 0.2) is 18.2 Å². The van der Waals surface area contributed by atoms with E-state index in [-0.39, 0.29) is 5.92 Å². The van der Waals surface area contributed by atoms with Crippen LogP contribution in [0.5, 0.6) is 0 Å². The van der Waals surface area contributed by atoms with Crippen LogP contribution in [0, 0.1) is 17.8 Å². The number of benzene rings is 1. The topological polar surface area (TPSA) is 40.9 Å². The Balaban J connectivity index is 2.47. The fourth-order valence-electron chi connectivity index (χ4n) is 1.69. The summed E-state index contributed by atoms with van der Waals surface area (Å²) in [5.41, 5.74) is 2.82. The van der Waals surface area contributed by atoms with Gasteiger partial charge in [0.25, 0.3) is 0 Å². The first-order valence-corrected chi connectivity index (χ1v) is 4.16. The van der Waals surface area contributed by atoms with Gasteiger partial charge < -0.3 is 4.79 Å². The second-order valence-electron chi connectivity index (χ2n) is 3.13. The molecule has 0 unspecified atom stereocenters. The number of nitriles is 1. The van der Waals surface area contributed by atoms with Crippen LogP contribution < -0.4 is 0 Å². The Labute approximate surface area is 76.8 Å². The molecule has 1 aromatic rings. The molecule has 2 heteroatoms. The maximum atomic E-state index is 10.6. The van der Waals surface area contributed by atoms with Crippen molar-refractivity contribution >= 4 is 6.29 Å². The molecule has 1 aliphatic rings. The average molecular weight is 170 g/mol. The smallest absolute Gasteiger partial charge is 0.127 e. The van der Waals surface area contributed by atoms with Crippen molar-refractivity contribution < 1.29 is 4.79 Å². The first-order chi connectivity index (χ1) is 6.35. The summed E-state index contributed by atoms with van der Waals surface area (Å²) in [6.45, 7) is 0. The van der Waals surface area contributed by atoms with E-state index in [1.165, 1.54) is 0 Å². The summed E-state index contributed by atoms with van der Waals surface area (Å²) in [6.07, 6.45) is 3.71. The highest BCUT2D eigenvalue weighted by Gasteiger charge is 2.21. The lowest BCUT2D eigenvalue weighted by Crippen LogP contribution is -1.94. The van der Waals surface area contributed by atoms with Gasteiger partial charge in [-0.1, -0.05) is 6.07 Å². The van der Waals surface area contributed by atoms with Gasteiger partial charge in [-0.3, -0.25) is 0 Å². The largest absolute Gasteiger partial charge is 0.303 e. The second kappa shape index (κ2) is 3.02. The third-order valence-corrected chi connectivity index (χ3v) is 2.37. The van der Waals surface area contributed by atoms with Crippen molar-refractivity contribution in [3.05, 3.63) is 41.3 Å². The Morgan fingerprint density at radius 2 is 2.38 bits per heavy atom. The standard InChI is InChI=1S/C11H8NO/c12-6-8-1-4-11-9(5-8)2-3-10(11)7-13/h1,3-5,7,10H,2H2/t10-/m1/s1. The Bertz CT molecular complexity index is 390. The summed E-state index contributed by atoms with van der Waals surface area (Å²) < 4.78 is 0. The molecule has 0 aliphatic heterocycles. The third kappa shape index (κ3) is 1.23. The van der Waals surface area contributed by atoms with Crippen LogP contribution in [-0.4, -0.2) is 6.29 Å². The summed E-state index contributed by atoms with van der Waals surface area (Å²) in [4.78, 5) is 10.6. The van der Waals surface area contributed by atoms with Crippen LogP contribution in [0.4, 0.5) is 0 Å². The number of rotatable bonds is 1. The van der Waals surface area contributed by atoms with E-state index in [4.69, 9.17) is 5.26 Å². The molecule has 0 saturated carbocycles. The third-order valence-electron chi connectivity index (χ3n) is 2.37. The fourth-order valence-corrected chi connectivity index (χ4v) is 1.69. The maximum absolute atomic E-state index is 10.6. The molecule has 0 fully saturated rings. The summed E-state index contributed by atoms with van der Waals surface area (Å²) in [6, 6.07) is 7.57. The highest BCUT2D eigenvalue weighted by molar-refractivity contribution is 5.68. The van der Waals surface area contributed by atoms with Crippen molar-refractivity contribution in [1.82, 2.24) is 0 Å². The van der Waals surface area contributed by atoms with Gasteiger partial charge in [0.1, 0.15) is 6.29 Å². The van der Waals surface area contributed by atoms with Gasteiger partial charge in [0.15, 0.2) is 0 Å². The molecule has 0 aromatic heterocycles. The molecule has 0 heterocycles. The van der Waals surface area contributed by atoms with Crippen LogP contribution in [0.1, 0.15) is 22.6 Å². The van der Waals surface area contributed by atoms with Crippen LogP contribution in [0.2, 0.25) is 0 Å². The number of aldehydes is 1. The minimum atomic E-state index is -0.0669. The fraction of sp³-hybridized carbons (Fsp3) is 0.182. The predicted molar refractivity (Wildman–Crippen MR) is 48.0 cm³/mol. The normalized spacial score (nSPS) is 19.2. The van der Waals surface area contributed by atoms with E-state index in [1.807, 2.05) is 18.6 Å². The van der Waals surface area contributed by atoms with Gasteiger partial charge >= 0.3 is 0 Å². The monoisotopic (exact) mass is 170 g/mol. The zero-order valence-corrected chi connectivity index (χ0v) is 7.03. The van der Waals surface area contributed by atoms with E-state index >= 15 is 0 Å². The summed E-state index contributed by atoms with van der Waals surface area (Å²) in [5.74, 6) is -0.0669. The van der Waals surface area contributed by atoms with E-state index in [2.05, 4.69) is 6.07 Å². The lowest BCUT2D eigenvalue weighted by atomic mass is 10.0. The van der Waals surface area contributed by atoms with E-state index in [9.17, 15) is 4.79 Å². The van der Waals surface area contributed by atoms with Crippen LogP contribution in [0.3, 0.4) is 0 Å². The molecule has 0 amide bonds. The molecular formula is C11H8NO. The Morgan fingerprint density at radius 1 is 1.54 bits per heavy atom. The van der Waals surface area contributed by atoms with Gasteiger partial charge in [0.2, 0.25) is 0 Å². The molecule has 1 aliphatic carbocycles. The second-order valence-corrected chi connectivity index (χ2v) is 3.13. The number of hydrogen-bond acceptors (Lipinski definition) is 2. The van der Waals surface area contributed by atoms with Crippen LogP contribution in [-0.2, 0) is 11.2 Å². The molecule has 2 rings (SSSR count). The molecule has 1 aromatic carbocycles. The van der Waals surface area contributed by atoms with Crippen molar-refractivity contribution in [3.8, 4) is 6.07 Å². The average Bonchev–Trinajstić information content (AvgIpc) is 2.59. The molecule has 0 spiro atoms. The number of carbonyl (C=O) groups is 1. The van der Waals surface area contributed by atoms with Crippen molar-refractivity contribution in [2.45, 2.75) is 12.3 Å². The van der Waals surface area contributed by atoms with Crippen LogP contribution >= 0.6 is 0 Å². The van der Waals surface area contributed by atoms with Gasteiger partial charge in [0.05, 0.1) is 11.6 Å². The Hall–Kier alpha value is -1.62. The van der Waals surface area contributed by atoms with Gasteiger partial charge in [-0.2, -0.15) is 5.26 Å². The minimum Gasteiger partial charge on any atom is -0.303 e. The Morgan fingerprint density at radius 3 is 3.08 bits per heavy atom. The number of nitrogens with zero attached hydrogens (tertiary/aromatic N) is 1. The first kappa shape index (κ1) is 8.00. The highest BCUT2D eigenvalue weighted by atomic mass is 16.1. The van der Waals surface area contributed by atoms with Crippen molar-refractivity contribution in [2.24, 2.45) is 0 Å². The lowest BCUT2D eigenvalue weighted by Gasteiger charge is -2.01. The molecule has 1 atom stereocenters. The molecular weight excluding hydrogens is 162 g/mol. The Kier molecular flexibility index (Phi) is 1.86. The first-order valence-electron chi connectivity index (χ1n) is 4.16. The van der Waals surface area contributed by atoms with Crippen LogP contribution in [0.25, 0.3) is 0 Å². The van der Waals surface area contributed by atoms with E-state index in [1.54, 1.807) is 6.07 Å². The molecule has 1 radical (unpaired) electrons. The molecule has 0 saturated heterocycles. The van der Waals surface area contributed by atoms with Crippen molar-refractivity contribution in [3.63, 3.8) is 0 Å². The zero-order chi connectivity index (χ0) is 9.26. The lowest BCUT2D eigenvalue weighted by molar-refractivity contribution is -0.108. The zero-order valence-electron chi connectivity index (χ0n) is 7.03. The van der Waals surface area contributed by atoms with Crippen molar-refractivity contribution in [2.75, 3.05) is 0 Å². The van der Waals surface area contributed by atoms with Gasteiger partial charge in [-0.15, -0.1) is 0 Å². The molecule has 2 nitrogen and oxygen atoms in total. The number of carbonyl (C=O) groups excluding carboxylic acids is 1. The minimum absolute atomic E-state index is 0.0669. The quantitative estimate of drug-likeness (QED) is 0.600. The summed E-state index contributed by atoms with van der Waals surface area (Å²) in [7, 11) is 0. The maximum Gasteiger partial charge on any atom is 0.127 e. The molecule has 13 heavy (non-hydrogen) atoms. The summed E-state index contributed by atoms with van der Waals surface area (Å²) >= 11 is 0. The molecule has 0 N–H and O–H groups in total. The van der Waals surface area contributed by atoms with E-state index in [0.717, 1.165) is 23.8 Å². The van der Waals surface area contributed by atoms with E-state index < -0.39 is 0 Å². The van der Waals surface area contributed by atoms with Gasteiger partial charge in [-0.25, -0.2) is 0 Å².